The molecule has 1 amide bonds. The monoisotopic (exact) mass is 517 g/mol. The molecule has 4 aromatic heterocycles. The van der Waals surface area contributed by atoms with Gasteiger partial charge in [0.05, 0.1) is 27.8 Å². The predicted molar refractivity (Wildman–Crippen MR) is 131 cm³/mol. The van der Waals surface area contributed by atoms with Crippen molar-refractivity contribution in [1.29, 1.82) is 0 Å². The molecule has 190 valence electrons. The van der Waals surface area contributed by atoms with Crippen LogP contribution in [0.4, 0.5) is 18.0 Å². The second kappa shape index (κ2) is 8.72. The summed E-state index contributed by atoms with van der Waals surface area (Å²) in [5.41, 5.74) is 0.373. The Morgan fingerprint density at radius 1 is 1.14 bits per heavy atom. The molecule has 7 nitrogen and oxygen atoms in total. The van der Waals surface area contributed by atoms with Gasteiger partial charge in [0.1, 0.15) is 11.2 Å². The van der Waals surface area contributed by atoms with Gasteiger partial charge in [-0.25, -0.2) is 14.3 Å². The molecule has 0 saturated carbocycles. The van der Waals surface area contributed by atoms with Gasteiger partial charge in [-0.05, 0) is 64.7 Å². The second-order valence-corrected chi connectivity index (χ2v) is 11.2. The minimum Gasteiger partial charge on any atom is -0.444 e. The number of rotatable bonds is 2. The van der Waals surface area contributed by atoms with Crippen LogP contribution in [0.15, 0.2) is 30.6 Å². The molecule has 5 rings (SSSR count). The lowest BCUT2D eigenvalue weighted by atomic mass is 9.95. The SMILES string of the molecule is Cc1cn2nc(-c3cnc4cc(C5CCN(C(=O)OC(C)(C)C)CC5)sc4c3)cc(C(F)(F)F)c2n1. The lowest BCUT2D eigenvalue weighted by molar-refractivity contribution is -0.136. The normalized spacial score (nSPS) is 15.7. The van der Waals surface area contributed by atoms with Gasteiger partial charge in [0.15, 0.2) is 5.65 Å². The molecular formula is C25H26F3N5O2S. The van der Waals surface area contributed by atoms with E-state index in [1.54, 1.807) is 29.4 Å². The maximum atomic E-state index is 13.7. The average molecular weight is 518 g/mol. The summed E-state index contributed by atoms with van der Waals surface area (Å²) in [5, 5.41) is 4.36. The summed E-state index contributed by atoms with van der Waals surface area (Å²) < 4.78 is 48.7. The molecule has 1 fully saturated rings. The van der Waals surface area contributed by atoms with Crippen molar-refractivity contribution in [2.75, 3.05) is 13.1 Å². The minimum absolute atomic E-state index is 0.183. The molecule has 1 aliphatic rings. The van der Waals surface area contributed by atoms with Crippen LogP contribution < -0.4 is 0 Å². The number of alkyl halides is 3. The number of aromatic nitrogens is 4. The highest BCUT2D eigenvalue weighted by molar-refractivity contribution is 7.19. The predicted octanol–water partition coefficient (Wildman–Crippen LogP) is 6.45. The van der Waals surface area contributed by atoms with Crippen LogP contribution in [0.1, 0.15) is 55.7 Å². The third-order valence-corrected chi connectivity index (χ3v) is 7.32. The van der Waals surface area contributed by atoms with Crippen LogP contribution in [-0.2, 0) is 10.9 Å². The molecule has 1 saturated heterocycles. The molecule has 0 bridgehead atoms. The molecule has 0 radical (unpaired) electrons. The van der Waals surface area contributed by atoms with Crippen molar-refractivity contribution in [1.82, 2.24) is 24.5 Å². The first-order valence-corrected chi connectivity index (χ1v) is 12.5. The van der Waals surface area contributed by atoms with Crippen molar-refractivity contribution >= 4 is 33.3 Å². The van der Waals surface area contributed by atoms with Crippen molar-refractivity contribution in [2.45, 2.75) is 58.2 Å². The number of hydrogen-bond acceptors (Lipinski definition) is 6. The van der Waals surface area contributed by atoms with Crippen LogP contribution in [0, 0.1) is 6.92 Å². The molecule has 36 heavy (non-hydrogen) atoms. The number of amides is 1. The Balaban J connectivity index is 1.39. The Bertz CT molecular complexity index is 1450. The number of carbonyl (C=O) groups excluding carboxylic acids is 1. The number of fused-ring (bicyclic) bond motifs is 2. The molecule has 1 aliphatic heterocycles. The Labute approximate surface area is 209 Å². The second-order valence-electron chi connectivity index (χ2n) is 10.1. The Morgan fingerprint density at radius 2 is 1.86 bits per heavy atom. The van der Waals surface area contributed by atoms with Crippen molar-refractivity contribution in [2.24, 2.45) is 0 Å². The number of ether oxygens (including phenoxy) is 1. The number of piperidine rings is 1. The third kappa shape index (κ3) is 4.88. The summed E-state index contributed by atoms with van der Waals surface area (Å²) in [6.45, 7) is 8.41. The van der Waals surface area contributed by atoms with E-state index >= 15 is 0 Å². The van der Waals surface area contributed by atoms with Crippen molar-refractivity contribution in [3.63, 3.8) is 0 Å². The average Bonchev–Trinajstić information content (AvgIpc) is 3.38. The zero-order valence-electron chi connectivity index (χ0n) is 20.4. The van der Waals surface area contributed by atoms with Crippen molar-refractivity contribution in [3.8, 4) is 11.3 Å². The van der Waals surface area contributed by atoms with Crippen LogP contribution in [0.25, 0.3) is 27.1 Å². The Kier molecular flexibility index (Phi) is 5.93. The van der Waals surface area contributed by atoms with Crippen molar-refractivity contribution in [3.05, 3.63) is 46.7 Å². The van der Waals surface area contributed by atoms with E-state index in [-0.39, 0.29) is 23.4 Å². The quantitative estimate of drug-likeness (QED) is 0.306. The fourth-order valence-corrected chi connectivity index (χ4v) is 5.62. The number of pyridine rings is 1. The molecule has 0 spiro atoms. The summed E-state index contributed by atoms with van der Waals surface area (Å²) >= 11 is 1.58. The van der Waals surface area contributed by atoms with Gasteiger partial charge in [-0.15, -0.1) is 11.3 Å². The van der Waals surface area contributed by atoms with Crippen LogP contribution in [-0.4, -0.2) is 49.3 Å². The lowest BCUT2D eigenvalue weighted by Gasteiger charge is -2.33. The van der Waals surface area contributed by atoms with Gasteiger partial charge in [-0.1, -0.05) is 0 Å². The van der Waals surface area contributed by atoms with Gasteiger partial charge in [-0.2, -0.15) is 18.3 Å². The van der Waals surface area contributed by atoms with Crippen LogP contribution in [0.5, 0.6) is 0 Å². The highest BCUT2D eigenvalue weighted by Crippen LogP contribution is 2.38. The van der Waals surface area contributed by atoms with E-state index in [2.05, 4.69) is 15.1 Å². The number of nitrogens with zero attached hydrogens (tertiary/aromatic N) is 5. The molecule has 0 aromatic carbocycles. The third-order valence-electron chi connectivity index (χ3n) is 6.08. The van der Waals surface area contributed by atoms with E-state index in [0.29, 0.717) is 24.3 Å². The fourth-order valence-electron chi connectivity index (χ4n) is 4.39. The molecule has 4 aromatic rings. The molecule has 5 heterocycles. The fraction of sp³-hybridized carbons (Fsp3) is 0.440. The van der Waals surface area contributed by atoms with E-state index in [9.17, 15) is 18.0 Å². The summed E-state index contributed by atoms with van der Waals surface area (Å²) in [4.78, 5) is 23.7. The topological polar surface area (TPSA) is 72.6 Å². The van der Waals surface area contributed by atoms with Gasteiger partial charge in [0.25, 0.3) is 0 Å². The van der Waals surface area contributed by atoms with E-state index in [0.717, 1.165) is 34.0 Å². The van der Waals surface area contributed by atoms with Crippen LogP contribution >= 0.6 is 11.3 Å². The number of hydrogen-bond donors (Lipinski definition) is 0. The Hall–Kier alpha value is -3.21. The highest BCUT2D eigenvalue weighted by Gasteiger charge is 2.35. The van der Waals surface area contributed by atoms with Crippen LogP contribution in [0.2, 0.25) is 0 Å². The first kappa shape index (κ1) is 24.5. The largest absolute Gasteiger partial charge is 0.444 e. The van der Waals surface area contributed by atoms with E-state index in [4.69, 9.17) is 4.74 Å². The molecule has 0 N–H and O–H groups in total. The zero-order valence-corrected chi connectivity index (χ0v) is 21.2. The van der Waals surface area contributed by atoms with Gasteiger partial charge >= 0.3 is 12.3 Å². The van der Waals surface area contributed by atoms with E-state index in [1.807, 2.05) is 32.9 Å². The first-order valence-electron chi connectivity index (χ1n) is 11.7. The van der Waals surface area contributed by atoms with E-state index in [1.165, 1.54) is 10.7 Å². The standard InChI is InChI=1S/C25H26F3N5O2S/c1-14-13-33-22(30-14)17(25(26,27)28)10-18(31-33)16-9-21-19(29-12-16)11-20(36-21)15-5-7-32(8-6-15)23(34)35-24(2,3)4/h9-13,15H,5-8H2,1-4H3. The van der Waals surface area contributed by atoms with Crippen molar-refractivity contribution < 1.29 is 22.7 Å². The summed E-state index contributed by atoms with van der Waals surface area (Å²) in [6, 6.07) is 4.91. The van der Waals surface area contributed by atoms with Crippen LogP contribution in [0.3, 0.4) is 0 Å². The molecule has 0 aliphatic carbocycles. The maximum Gasteiger partial charge on any atom is 0.420 e. The first-order chi connectivity index (χ1) is 16.9. The van der Waals surface area contributed by atoms with Gasteiger partial charge in [0.2, 0.25) is 0 Å². The van der Waals surface area contributed by atoms with Gasteiger partial charge in [-0.3, -0.25) is 4.98 Å². The summed E-state index contributed by atoms with van der Waals surface area (Å²) in [7, 11) is 0. The number of carbonyl (C=O) groups is 1. The smallest absolute Gasteiger partial charge is 0.420 e. The lowest BCUT2D eigenvalue weighted by Crippen LogP contribution is -2.41. The molecule has 11 heteroatoms. The number of imidazole rings is 1. The van der Waals surface area contributed by atoms with Gasteiger partial charge < -0.3 is 9.64 Å². The number of halogens is 3. The van der Waals surface area contributed by atoms with Gasteiger partial charge in [0, 0.05) is 29.7 Å². The molecular weight excluding hydrogens is 491 g/mol. The number of likely N-dealkylation sites (tertiary alicyclic amines) is 1. The zero-order chi connectivity index (χ0) is 25.8. The molecule has 0 atom stereocenters. The highest BCUT2D eigenvalue weighted by atomic mass is 32.1. The summed E-state index contributed by atoms with van der Waals surface area (Å²) in [5.74, 6) is 0.284. The molecule has 0 unspecified atom stereocenters. The number of thiophene rings is 1. The summed E-state index contributed by atoms with van der Waals surface area (Å²) in [6.07, 6.45) is -0.189. The maximum absolute atomic E-state index is 13.7. The number of aryl methyl sites for hydroxylation is 1. The van der Waals surface area contributed by atoms with E-state index < -0.39 is 17.3 Å². The Morgan fingerprint density at radius 3 is 2.53 bits per heavy atom. The minimum atomic E-state index is -4.56.